The number of hydrogen-bond acceptors (Lipinski definition) is 3. The molecule has 2 aliphatic rings. The van der Waals surface area contributed by atoms with Gasteiger partial charge in [-0.25, -0.2) is 0 Å². The van der Waals surface area contributed by atoms with Crippen molar-refractivity contribution in [1.29, 1.82) is 0 Å². The molecular weight excluding hydrogens is 364 g/mol. The average molecular weight is 392 g/mol. The van der Waals surface area contributed by atoms with E-state index in [2.05, 4.69) is 17.4 Å². The Balaban J connectivity index is 1.35. The van der Waals surface area contributed by atoms with Crippen LogP contribution in [0.1, 0.15) is 48.0 Å². The second-order valence-corrected chi connectivity index (χ2v) is 8.12. The van der Waals surface area contributed by atoms with Gasteiger partial charge >= 0.3 is 0 Å². The van der Waals surface area contributed by atoms with E-state index in [1.54, 1.807) is 12.1 Å². The Bertz CT molecular complexity index is 846. The fraction of sp³-hybridized carbons (Fsp3) is 0.417. The van der Waals surface area contributed by atoms with E-state index < -0.39 is 0 Å². The number of rotatable bonds is 6. The number of anilines is 1. The van der Waals surface area contributed by atoms with Crippen LogP contribution in [-0.4, -0.2) is 42.5 Å². The number of ether oxygens (including phenoxy) is 1. The third-order valence-corrected chi connectivity index (χ3v) is 5.77. The molecular formula is C24H28N2O3. The number of morpholine rings is 1. The molecule has 0 aromatic heterocycles. The molecule has 0 radical (unpaired) electrons. The number of hydrogen-bond donors (Lipinski definition) is 1. The molecule has 1 saturated carbocycles. The Morgan fingerprint density at radius 2 is 1.83 bits per heavy atom. The molecule has 0 bridgehead atoms. The molecule has 152 valence electrons. The summed E-state index contributed by atoms with van der Waals surface area (Å²) in [7, 11) is 0. The standard InChI is InChI=1S/C24H28N2O3/c1-17-16-26(13-14-29-17)24(28)20-9-11-21(12-10-20)25-23(27)15-22(19-7-8-19)18-5-3-2-4-6-18/h2-6,9-12,17,19,22H,7-8,13-16H2,1H3,(H,25,27). The Kier molecular flexibility index (Phi) is 5.95. The highest BCUT2D eigenvalue weighted by molar-refractivity contribution is 5.96. The van der Waals surface area contributed by atoms with Crippen molar-refractivity contribution in [3.05, 3.63) is 65.7 Å². The van der Waals surface area contributed by atoms with Crippen molar-refractivity contribution in [1.82, 2.24) is 4.90 Å². The van der Waals surface area contributed by atoms with Gasteiger partial charge in [0.25, 0.3) is 5.91 Å². The summed E-state index contributed by atoms with van der Waals surface area (Å²) >= 11 is 0. The lowest BCUT2D eigenvalue weighted by molar-refractivity contribution is -0.116. The minimum atomic E-state index is 0.0101. The number of amides is 2. The van der Waals surface area contributed by atoms with Crippen molar-refractivity contribution >= 4 is 17.5 Å². The van der Waals surface area contributed by atoms with Crippen LogP contribution in [0.4, 0.5) is 5.69 Å². The van der Waals surface area contributed by atoms with E-state index in [9.17, 15) is 9.59 Å². The van der Waals surface area contributed by atoms with Crippen LogP contribution in [0.5, 0.6) is 0 Å². The molecule has 4 rings (SSSR count). The summed E-state index contributed by atoms with van der Waals surface area (Å²) in [5, 5.41) is 2.99. The van der Waals surface area contributed by atoms with Gasteiger partial charge in [-0.15, -0.1) is 0 Å². The quantitative estimate of drug-likeness (QED) is 0.806. The summed E-state index contributed by atoms with van der Waals surface area (Å²) in [6.45, 7) is 3.77. The molecule has 2 amide bonds. The van der Waals surface area contributed by atoms with Gasteiger partial charge in [-0.05, 0) is 61.4 Å². The first-order chi connectivity index (χ1) is 14.1. The van der Waals surface area contributed by atoms with Gasteiger partial charge < -0.3 is 15.0 Å². The molecule has 2 aromatic rings. The first kappa shape index (κ1) is 19.6. The molecule has 1 saturated heterocycles. The molecule has 2 unspecified atom stereocenters. The average Bonchev–Trinajstić information content (AvgIpc) is 3.58. The second-order valence-electron chi connectivity index (χ2n) is 8.12. The molecule has 2 fully saturated rings. The van der Waals surface area contributed by atoms with Crippen molar-refractivity contribution in [2.75, 3.05) is 25.0 Å². The lowest BCUT2D eigenvalue weighted by Gasteiger charge is -2.31. The SMILES string of the molecule is CC1CN(C(=O)c2ccc(NC(=O)CC(c3ccccc3)C3CC3)cc2)CCO1. The van der Waals surface area contributed by atoms with Crippen LogP contribution in [0.15, 0.2) is 54.6 Å². The third kappa shape index (κ3) is 5.04. The molecule has 2 aromatic carbocycles. The number of benzene rings is 2. The predicted molar refractivity (Wildman–Crippen MR) is 113 cm³/mol. The minimum absolute atomic E-state index is 0.0101. The fourth-order valence-electron chi connectivity index (χ4n) is 4.05. The molecule has 29 heavy (non-hydrogen) atoms. The zero-order chi connectivity index (χ0) is 20.2. The van der Waals surface area contributed by atoms with Gasteiger partial charge in [0.2, 0.25) is 5.91 Å². The highest BCUT2D eigenvalue weighted by atomic mass is 16.5. The summed E-state index contributed by atoms with van der Waals surface area (Å²) in [6.07, 6.45) is 2.95. The minimum Gasteiger partial charge on any atom is -0.375 e. The fourth-order valence-corrected chi connectivity index (χ4v) is 4.05. The summed E-state index contributed by atoms with van der Waals surface area (Å²) < 4.78 is 5.50. The molecule has 5 nitrogen and oxygen atoms in total. The molecule has 1 aliphatic carbocycles. The number of carbonyl (C=O) groups is 2. The van der Waals surface area contributed by atoms with E-state index in [4.69, 9.17) is 4.74 Å². The largest absolute Gasteiger partial charge is 0.375 e. The first-order valence-electron chi connectivity index (χ1n) is 10.5. The van der Waals surface area contributed by atoms with Crippen molar-refractivity contribution in [3.8, 4) is 0 Å². The Labute approximate surface area is 172 Å². The van der Waals surface area contributed by atoms with E-state index in [0.29, 0.717) is 37.6 Å². The van der Waals surface area contributed by atoms with Gasteiger partial charge in [0, 0.05) is 30.8 Å². The summed E-state index contributed by atoms with van der Waals surface area (Å²) in [5.74, 6) is 0.919. The number of nitrogens with one attached hydrogen (secondary N) is 1. The van der Waals surface area contributed by atoms with E-state index in [1.807, 2.05) is 42.2 Å². The van der Waals surface area contributed by atoms with Crippen LogP contribution >= 0.6 is 0 Å². The second kappa shape index (κ2) is 8.78. The first-order valence-corrected chi connectivity index (χ1v) is 10.5. The molecule has 5 heteroatoms. The monoisotopic (exact) mass is 392 g/mol. The van der Waals surface area contributed by atoms with Crippen molar-refractivity contribution < 1.29 is 14.3 Å². The van der Waals surface area contributed by atoms with Crippen LogP contribution < -0.4 is 5.32 Å². The van der Waals surface area contributed by atoms with E-state index in [-0.39, 0.29) is 23.8 Å². The Morgan fingerprint density at radius 3 is 2.48 bits per heavy atom. The maximum Gasteiger partial charge on any atom is 0.254 e. The zero-order valence-electron chi connectivity index (χ0n) is 16.8. The highest BCUT2D eigenvalue weighted by Crippen LogP contribution is 2.44. The van der Waals surface area contributed by atoms with Crippen molar-refractivity contribution in [2.45, 2.75) is 38.2 Å². The van der Waals surface area contributed by atoms with Crippen LogP contribution in [0.3, 0.4) is 0 Å². The summed E-state index contributed by atoms with van der Waals surface area (Å²) in [5.41, 5.74) is 2.60. The number of carbonyl (C=O) groups excluding carboxylic acids is 2. The van der Waals surface area contributed by atoms with E-state index >= 15 is 0 Å². The maximum absolute atomic E-state index is 12.6. The van der Waals surface area contributed by atoms with E-state index in [1.165, 1.54) is 18.4 Å². The van der Waals surface area contributed by atoms with Crippen LogP contribution in [-0.2, 0) is 9.53 Å². The third-order valence-electron chi connectivity index (χ3n) is 5.77. The maximum atomic E-state index is 12.6. The van der Waals surface area contributed by atoms with Crippen LogP contribution in [0.2, 0.25) is 0 Å². The molecule has 2 atom stereocenters. The topological polar surface area (TPSA) is 58.6 Å². The summed E-state index contributed by atoms with van der Waals surface area (Å²) in [4.78, 5) is 27.1. The van der Waals surface area contributed by atoms with Gasteiger partial charge in [-0.1, -0.05) is 30.3 Å². The number of nitrogens with zero attached hydrogens (tertiary/aromatic N) is 1. The van der Waals surface area contributed by atoms with E-state index in [0.717, 1.165) is 5.69 Å². The van der Waals surface area contributed by atoms with Crippen molar-refractivity contribution in [3.63, 3.8) is 0 Å². The normalized spacial score (nSPS) is 20.2. The molecule has 1 aliphatic heterocycles. The van der Waals surface area contributed by atoms with Gasteiger partial charge in [0.05, 0.1) is 12.7 Å². The van der Waals surface area contributed by atoms with Crippen LogP contribution in [0.25, 0.3) is 0 Å². The van der Waals surface area contributed by atoms with Gasteiger partial charge in [-0.2, -0.15) is 0 Å². The highest BCUT2D eigenvalue weighted by Gasteiger charge is 2.33. The van der Waals surface area contributed by atoms with Crippen molar-refractivity contribution in [2.24, 2.45) is 5.92 Å². The summed E-state index contributed by atoms with van der Waals surface area (Å²) in [6, 6.07) is 17.5. The molecule has 0 spiro atoms. The smallest absolute Gasteiger partial charge is 0.254 e. The lowest BCUT2D eigenvalue weighted by atomic mass is 9.91. The van der Waals surface area contributed by atoms with Gasteiger partial charge in [-0.3, -0.25) is 9.59 Å². The van der Waals surface area contributed by atoms with Gasteiger partial charge in [0.1, 0.15) is 0 Å². The lowest BCUT2D eigenvalue weighted by Crippen LogP contribution is -2.44. The molecule has 1 N–H and O–H groups in total. The van der Waals surface area contributed by atoms with Crippen LogP contribution in [0, 0.1) is 5.92 Å². The Hall–Kier alpha value is -2.66. The zero-order valence-corrected chi connectivity index (χ0v) is 16.8. The van der Waals surface area contributed by atoms with Gasteiger partial charge in [0.15, 0.2) is 0 Å². The predicted octanol–water partition coefficient (Wildman–Crippen LogP) is 4.07. The molecule has 1 heterocycles. The Morgan fingerprint density at radius 1 is 1.10 bits per heavy atom.